The molecule has 3 heterocycles. The number of hydrogen-bond acceptors (Lipinski definition) is 6. The molecule has 2 saturated heterocycles. The number of phenolic OH excluding ortho intramolecular Hbond substituents is 1. The average molecular weight is 440 g/mol. The summed E-state index contributed by atoms with van der Waals surface area (Å²) in [5.74, 6) is -2.04. The Hall–Kier alpha value is -2.40. The Balaban J connectivity index is 1.76. The van der Waals surface area contributed by atoms with Crippen LogP contribution in [-0.2, 0) is 26.2 Å². The molecule has 4 rings (SSSR count). The van der Waals surface area contributed by atoms with E-state index in [0.29, 0.717) is 29.6 Å². The first-order valence-corrected chi connectivity index (χ1v) is 11.5. The Morgan fingerprint density at radius 1 is 1.37 bits per heavy atom. The van der Waals surface area contributed by atoms with Gasteiger partial charge in [0.2, 0.25) is 5.91 Å². The molecule has 0 bridgehead atoms. The van der Waals surface area contributed by atoms with Crippen LogP contribution in [0.2, 0.25) is 0 Å². The fourth-order valence-electron chi connectivity index (χ4n) is 4.47. The molecule has 0 aliphatic carbocycles. The van der Waals surface area contributed by atoms with Crippen LogP contribution in [0.4, 0.5) is 15.8 Å². The molecule has 2 atom stereocenters. The molecule has 2 fully saturated rings. The van der Waals surface area contributed by atoms with Crippen molar-refractivity contribution in [3.05, 3.63) is 17.4 Å². The molecule has 164 valence electrons. The average Bonchev–Trinajstić information content (AvgIpc) is 3.15. The van der Waals surface area contributed by atoms with Gasteiger partial charge in [0.05, 0.1) is 11.7 Å². The molecule has 3 aliphatic rings. The summed E-state index contributed by atoms with van der Waals surface area (Å²) in [6, 6.07) is 0.886. The lowest BCUT2D eigenvalue weighted by molar-refractivity contribution is -0.118. The molecule has 1 aromatic rings. The van der Waals surface area contributed by atoms with Crippen molar-refractivity contribution in [2.45, 2.75) is 51.6 Å². The lowest BCUT2D eigenvalue weighted by Crippen LogP contribution is -2.53. The van der Waals surface area contributed by atoms with Crippen LogP contribution in [0.5, 0.6) is 5.75 Å². The van der Waals surface area contributed by atoms with Crippen LogP contribution in [0.25, 0.3) is 0 Å². The zero-order valence-corrected chi connectivity index (χ0v) is 17.6. The summed E-state index contributed by atoms with van der Waals surface area (Å²) in [6.07, 6.45) is 2.12. The molecule has 3 aliphatic heterocycles. The highest BCUT2D eigenvalue weighted by Crippen LogP contribution is 2.45. The maximum Gasteiger partial charge on any atom is 0.326 e. The fraction of sp³-hybridized carbons (Fsp3) is 0.579. The van der Waals surface area contributed by atoms with E-state index in [-0.39, 0.29) is 35.7 Å². The number of phenols is 1. The largest absolute Gasteiger partial charge is 0.506 e. The van der Waals surface area contributed by atoms with Crippen molar-refractivity contribution in [3.63, 3.8) is 0 Å². The van der Waals surface area contributed by atoms with Crippen LogP contribution >= 0.6 is 0 Å². The van der Waals surface area contributed by atoms with Gasteiger partial charge >= 0.3 is 10.2 Å². The number of nitrogens with one attached hydrogen (secondary N) is 2. The van der Waals surface area contributed by atoms with Gasteiger partial charge in [0.15, 0.2) is 5.82 Å². The van der Waals surface area contributed by atoms with Crippen molar-refractivity contribution < 1.29 is 27.5 Å². The van der Waals surface area contributed by atoms with Crippen molar-refractivity contribution in [3.8, 4) is 5.75 Å². The van der Waals surface area contributed by atoms with E-state index in [1.807, 2.05) is 0 Å². The summed E-state index contributed by atoms with van der Waals surface area (Å²) in [5, 5.41) is 13.9. The molecule has 3 N–H and O–H groups in total. The standard InChI is InChI=1S/C19H25FN4O5S/c1-10(2)5-6-21-12-7-11-14(24-13(12)3-4-17(24)27)8-15(25)19(18(11)20)23-9-16(26)22-30(23,28)29/h8,10,12-13,21,25H,3-7,9H2,1-2H3,(H,22,26). The summed E-state index contributed by atoms with van der Waals surface area (Å²) < 4.78 is 42.3. The van der Waals surface area contributed by atoms with E-state index in [2.05, 4.69) is 19.2 Å². The number of hydrogen-bond donors (Lipinski definition) is 3. The minimum Gasteiger partial charge on any atom is -0.506 e. The van der Waals surface area contributed by atoms with Gasteiger partial charge in [-0.2, -0.15) is 8.42 Å². The predicted octanol–water partition coefficient (Wildman–Crippen LogP) is 0.768. The smallest absolute Gasteiger partial charge is 0.326 e. The van der Waals surface area contributed by atoms with Gasteiger partial charge in [-0.3, -0.25) is 9.59 Å². The number of benzene rings is 1. The highest BCUT2D eigenvalue weighted by Gasteiger charge is 2.45. The summed E-state index contributed by atoms with van der Waals surface area (Å²) in [5.41, 5.74) is -0.150. The Morgan fingerprint density at radius 3 is 2.73 bits per heavy atom. The number of nitrogens with zero attached hydrogens (tertiary/aromatic N) is 2. The van der Waals surface area contributed by atoms with Gasteiger partial charge in [-0.1, -0.05) is 13.8 Å². The van der Waals surface area contributed by atoms with Gasteiger partial charge in [-0.05, 0) is 31.7 Å². The Labute approximate surface area is 174 Å². The molecule has 2 amide bonds. The first-order valence-electron chi connectivity index (χ1n) is 10.0. The molecular formula is C19H25FN4O5S. The van der Waals surface area contributed by atoms with E-state index in [9.17, 15) is 23.1 Å². The monoisotopic (exact) mass is 440 g/mol. The van der Waals surface area contributed by atoms with Crippen LogP contribution in [0.3, 0.4) is 0 Å². The second-order valence-corrected chi connectivity index (χ2v) is 10.0. The van der Waals surface area contributed by atoms with Crippen LogP contribution < -0.4 is 19.2 Å². The zero-order valence-electron chi connectivity index (χ0n) is 16.8. The van der Waals surface area contributed by atoms with Gasteiger partial charge in [0.25, 0.3) is 5.91 Å². The highest BCUT2D eigenvalue weighted by atomic mass is 32.2. The first kappa shape index (κ1) is 20.9. The maximum absolute atomic E-state index is 15.6. The van der Waals surface area contributed by atoms with E-state index in [1.54, 1.807) is 4.72 Å². The first-order chi connectivity index (χ1) is 14.1. The Morgan fingerprint density at radius 2 is 2.10 bits per heavy atom. The van der Waals surface area contributed by atoms with E-state index in [0.717, 1.165) is 6.42 Å². The number of carbonyl (C=O) groups excluding carboxylic acids is 2. The Kier molecular flexibility index (Phi) is 5.13. The van der Waals surface area contributed by atoms with Crippen LogP contribution in [0.1, 0.15) is 38.7 Å². The third-order valence-corrected chi connectivity index (χ3v) is 7.28. The second-order valence-electron chi connectivity index (χ2n) is 8.41. The number of carbonyl (C=O) groups is 2. The van der Waals surface area contributed by atoms with Gasteiger partial charge in [-0.25, -0.2) is 13.4 Å². The molecular weight excluding hydrogens is 415 g/mol. The van der Waals surface area contributed by atoms with Gasteiger partial charge < -0.3 is 15.3 Å². The number of amides is 2. The molecule has 1 aromatic carbocycles. The number of fused-ring (bicyclic) bond motifs is 3. The van der Waals surface area contributed by atoms with Crippen LogP contribution in [0, 0.1) is 11.7 Å². The van der Waals surface area contributed by atoms with E-state index >= 15 is 4.39 Å². The minimum absolute atomic E-state index is 0.152. The van der Waals surface area contributed by atoms with Crippen molar-refractivity contribution in [1.29, 1.82) is 0 Å². The van der Waals surface area contributed by atoms with Gasteiger partial charge in [0.1, 0.15) is 18.0 Å². The second kappa shape index (κ2) is 7.38. The lowest BCUT2D eigenvalue weighted by atomic mass is 9.90. The molecule has 30 heavy (non-hydrogen) atoms. The fourth-order valence-corrected chi connectivity index (χ4v) is 5.63. The molecule has 0 radical (unpaired) electrons. The molecule has 0 aromatic heterocycles. The summed E-state index contributed by atoms with van der Waals surface area (Å²) in [7, 11) is -4.29. The highest BCUT2D eigenvalue weighted by molar-refractivity contribution is 7.92. The summed E-state index contributed by atoms with van der Waals surface area (Å²) >= 11 is 0. The number of rotatable bonds is 5. The van der Waals surface area contributed by atoms with Crippen molar-refractivity contribution in [2.24, 2.45) is 5.92 Å². The normalized spacial score (nSPS) is 24.9. The molecule has 9 nitrogen and oxygen atoms in total. The third-order valence-electron chi connectivity index (χ3n) is 5.90. The number of halogens is 1. The van der Waals surface area contributed by atoms with E-state index < -0.39 is 39.9 Å². The molecule has 2 unspecified atom stereocenters. The van der Waals surface area contributed by atoms with Crippen molar-refractivity contribution >= 4 is 33.4 Å². The van der Waals surface area contributed by atoms with Gasteiger partial charge in [-0.15, -0.1) is 0 Å². The topological polar surface area (TPSA) is 119 Å². The van der Waals surface area contributed by atoms with Crippen LogP contribution in [-0.4, -0.2) is 50.5 Å². The SMILES string of the molecule is CC(C)CCNC1Cc2c(cc(O)c(N3CC(=O)NS3(=O)=O)c2F)N2C(=O)CCC12. The van der Waals surface area contributed by atoms with Crippen molar-refractivity contribution in [2.75, 3.05) is 22.3 Å². The van der Waals surface area contributed by atoms with Crippen molar-refractivity contribution in [1.82, 2.24) is 10.0 Å². The minimum atomic E-state index is -4.29. The van der Waals surface area contributed by atoms with Crippen LogP contribution in [0.15, 0.2) is 6.07 Å². The number of aromatic hydroxyl groups is 1. The third kappa shape index (κ3) is 3.39. The maximum atomic E-state index is 15.6. The quantitative estimate of drug-likeness (QED) is 0.622. The van der Waals surface area contributed by atoms with E-state index in [1.165, 1.54) is 11.0 Å². The molecule has 0 spiro atoms. The summed E-state index contributed by atoms with van der Waals surface area (Å²) in [4.78, 5) is 25.6. The summed E-state index contributed by atoms with van der Waals surface area (Å²) in [6.45, 7) is 4.29. The van der Waals surface area contributed by atoms with E-state index in [4.69, 9.17) is 0 Å². The number of anilines is 2. The predicted molar refractivity (Wildman–Crippen MR) is 108 cm³/mol. The molecule has 11 heteroatoms. The molecule has 0 saturated carbocycles. The van der Waals surface area contributed by atoms with Gasteiger partial charge in [0, 0.05) is 24.1 Å². The zero-order chi connectivity index (χ0) is 21.8. The lowest BCUT2D eigenvalue weighted by Gasteiger charge is -2.39. The Bertz CT molecular complexity index is 1010.